The summed E-state index contributed by atoms with van der Waals surface area (Å²) in [6.07, 6.45) is 1.05. The number of amides is 1. The molecule has 0 saturated carbocycles. The molecule has 2 fully saturated rings. The molecule has 24 heavy (non-hydrogen) atoms. The average molecular weight is 374 g/mol. The predicted octanol–water partition coefficient (Wildman–Crippen LogP) is 3.37. The van der Waals surface area contributed by atoms with Crippen molar-refractivity contribution in [3.63, 3.8) is 0 Å². The van der Waals surface area contributed by atoms with Gasteiger partial charge in [0.1, 0.15) is 5.75 Å². The molecular formula is C17H21Cl2NO4. The minimum Gasteiger partial charge on any atom is -0.479 e. The van der Waals surface area contributed by atoms with Crippen molar-refractivity contribution in [3.8, 4) is 5.75 Å². The molecule has 5 nitrogen and oxygen atoms in total. The number of rotatable bonds is 4. The van der Waals surface area contributed by atoms with Gasteiger partial charge in [-0.15, -0.1) is 0 Å². The van der Waals surface area contributed by atoms with Crippen molar-refractivity contribution in [3.05, 3.63) is 28.2 Å². The molecule has 2 aliphatic heterocycles. The second-order valence-corrected chi connectivity index (χ2v) is 6.95. The molecule has 0 spiro atoms. The van der Waals surface area contributed by atoms with Crippen LogP contribution in [0.1, 0.15) is 19.8 Å². The summed E-state index contributed by atoms with van der Waals surface area (Å²) >= 11 is 12.0. The number of hydrogen-bond acceptors (Lipinski definition) is 4. The Bertz CT molecular complexity index is 584. The van der Waals surface area contributed by atoms with E-state index < -0.39 is 6.10 Å². The van der Waals surface area contributed by atoms with E-state index in [0.29, 0.717) is 48.0 Å². The van der Waals surface area contributed by atoms with E-state index in [9.17, 15) is 4.79 Å². The molecule has 1 unspecified atom stereocenters. The summed E-state index contributed by atoms with van der Waals surface area (Å²) in [4.78, 5) is 14.4. The molecule has 2 saturated heterocycles. The Hall–Kier alpha value is -1.01. The lowest BCUT2D eigenvalue weighted by molar-refractivity contribution is -0.143. The lowest BCUT2D eigenvalue weighted by Crippen LogP contribution is -2.46. The molecule has 0 aromatic heterocycles. The second-order valence-electron chi connectivity index (χ2n) is 6.11. The van der Waals surface area contributed by atoms with Crippen molar-refractivity contribution >= 4 is 29.1 Å². The number of hydrogen-bond donors (Lipinski definition) is 0. The molecule has 1 aromatic rings. The first-order valence-electron chi connectivity index (χ1n) is 8.18. The summed E-state index contributed by atoms with van der Waals surface area (Å²) in [6, 6.07) is 4.96. The van der Waals surface area contributed by atoms with Crippen molar-refractivity contribution in [2.24, 2.45) is 5.92 Å². The summed E-state index contributed by atoms with van der Waals surface area (Å²) in [5.74, 6) is 0.788. The van der Waals surface area contributed by atoms with Crippen molar-refractivity contribution in [2.75, 3.05) is 26.3 Å². The van der Waals surface area contributed by atoms with Gasteiger partial charge in [0, 0.05) is 24.0 Å². The number of carbonyl (C=O) groups is 1. The van der Waals surface area contributed by atoms with E-state index in [4.69, 9.17) is 37.4 Å². The second kappa shape index (κ2) is 7.91. The topological polar surface area (TPSA) is 48.0 Å². The first-order chi connectivity index (χ1) is 11.5. The quantitative estimate of drug-likeness (QED) is 0.811. The fourth-order valence-corrected chi connectivity index (χ4v) is 3.56. The zero-order valence-electron chi connectivity index (χ0n) is 13.5. The summed E-state index contributed by atoms with van der Waals surface area (Å²) in [7, 11) is 0. The third-order valence-electron chi connectivity index (χ3n) is 4.43. The lowest BCUT2D eigenvalue weighted by atomic mass is 9.96. The zero-order chi connectivity index (χ0) is 17.1. The van der Waals surface area contributed by atoms with E-state index in [1.807, 2.05) is 4.90 Å². The fourth-order valence-electron chi connectivity index (χ4n) is 3.11. The highest BCUT2D eigenvalue weighted by Gasteiger charge is 2.33. The van der Waals surface area contributed by atoms with Crippen molar-refractivity contribution < 1.29 is 19.0 Å². The Morgan fingerprint density at radius 3 is 2.54 bits per heavy atom. The number of benzene rings is 1. The number of likely N-dealkylation sites (tertiary alicyclic amines) is 1. The third-order valence-corrected chi connectivity index (χ3v) is 4.96. The van der Waals surface area contributed by atoms with Gasteiger partial charge in [0.25, 0.3) is 5.91 Å². The SMILES string of the molecule is CC(Oc1ccc(Cl)cc1Cl)C(=O)N1CCC(C2OCCO2)CC1. The number of carbonyl (C=O) groups excluding carboxylic acids is 1. The van der Waals surface area contributed by atoms with Gasteiger partial charge >= 0.3 is 0 Å². The van der Waals surface area contributed by atoms with Crippen LogP contribution >= 0.6 is 23.2 Å². The summed E-state index contributed by atoms with van der Waals surface area (Å²) in [5.41, 5.74) is 0. The van der Waals surface area contributed by atoms with Crippen molar-refractivity contribution in [2.45, 2.75) is 32.2 Å². The summed E-state index contributed by atoms with van der Waals surface area (Å²) in [6.45, 7) is 4.44. The first kappa shape index (κ1) is 17.8. The molecule has 0 bridgehead atoms. The van der Waals surface area contributed by atoms with E-state index in [0.717, 1.165) is 12.8 Å². The third kappa shape index (κ3) is 4.14. The Labute approximate surface area is 151 Å². The highest BCUT2D eigenvalue weighted by atomic mass is 35.5. The summed E-state index contributed by atoms with van der Waals surface area (Å²) < 4.78 is 16.8. The molecule has 2 aliphatic rings. The van der Waals surface area contributed by atoms with Gasteiger partial charge in [0.05, 0.1) is 18.2 Å². The average Bonchev–Trinajstić information content (AvgIpc) is 3.11. The van der Waals surface area contributed by atoms with Gasteiger partial charge in [0.15, 0.2) is 12.4 Å². The van der Waals surface area contributed by atoms with E-state index in [1.54, 1.807) is 25.1 Å². The van der Waals surface area contributed by atoms with Crippen molar-refractivity contribution in [1.82, 2.24) is 4.90 Å². The molecule has 1 atom stereocenters. The van der Waals surface area contributed by atoms with Crippen LogP contribution in [-0.2, 0) is 14.3 Å². The Kier molecular flexibility index (Phi) is 5.87. The van der Waals surface area contributed by atoms with E-state index in [1.165, 1.54) is 0 Å². The van der Waals surface area contributed by atoms with E-state index in [-0.39, 0.29) is 12.2 Å². The van der Waals surface area contributed by atoms with Crippen LogP contribution in [0.15, 0.2) is 18.2 Å². The van der Waals surface area contributed by atoms with Gasteiger partial charge in [-0.1, -0.05) is 23.2 Å². The Balaban J connectivity index is 1.52. The van der Waals surface area contributed by atoms with Gasteiger partial charge in [-0.25, -0.2) is 0 Å². The number of ether oxygens (including phenoxy) is 3. The molecule has 0 aliphatic carbocycles. The number of halogens is 2. The molecule has 132 valence electrons. The maximum Gasteiger partial charge on any atom is 0.263 e. The minimum atomic E-state index is -0.598. The van der Waals surface area contributed by atoms with Crippen LogP contribution in [0.2, 0.25) is 10.0 Å². The molecule has 2 heterocycles. The number of piperidine rings is 1. The molecule has 3 rings (SSSR count). The van der Waals surface area contributed by atoms with Gasteiger partial charge in [-0.2, -0.15) is 0 Å². The lowest BCUT2D eigenvalue weighted by Gasteiger charge is -2.35. The maximum absolute atomic E-state index is 12.6. The van der Waals surface area contributed by atoms with Crippen LogP contribution in [0, 0.1) is 5.92 Å². The normalized spacial score (nSPS) is 21.0. The largest absolute Gasteiger partial charge is 0.479 e. The van der Waals surface area contributed by atoms with E-state index >= 15 is 0 Å². The van der Waals surface area contributed by atoms with Gasteiger partial charge in [0.2, 0.25) is 0 Å². The summed E-state index contributed by atoms with van der Waals surface area (Å²) in [5, 5.41) is 0.932. The molecular weight excluding hydrogens is 353 g/mol. The Morgan fingerprint density at radius 1 is 1.25 bits per heavy atom. The molecule has 1 amide bonds. The van der Waals surface area contributed by atoms with Gasteiger partial charge in [-0.05, 0) is 38.0 Å². The molecule has 7 heteroatoms. The fraction of sp³-hybridized carbons (Fsp3) is 0.588. The highest BCUT2D eigenvalue weighted by molar-refractivity contribution is 6.35. The smallest absolute Gasteiger partial charge is 0.263 e. The standard InChI is InChI=1S/C17H21Cl2NO4/c1-11(24-15-3-2-13(18)10-14(15)19)16(21)20-6-4-12(5-7-20)17-22-8-9-23-17/h2-3,10-12,17H,4-9H2,1H3. The Morgan fingerprint density at radius 2 is 1.92 bits per heavy atom. The van der Waals surface area contributed by atoms with E-state index in [2.05, 4.69) is 0 Å². The molecule has 0 radical (unpaired) electrons. The first-order valence-corrected chi connectivity index (χ1v) is 8.94. The zero-order valence-corrected chi connectivity index (χ0v) is 15.1. The van der Waals surface area contributed by atoms with Crippen LogP contribution in [0.3, 0.4) is 0 Å². The van der Waals surface area contributed by atoms with Crippen molar-refractivity contribution in [1.29, 1.82) is 0 Å². The van der Waals surface area contributed by atoms with Crippen LogP contribution in [0.5, 0.6) is 5.75 Å². The van der Waals surface area contributed by atoms with Crippen LogP contribution in [0.25, 0.3) is 0 Å². The number of nitrogens with zero attached hydrogens (tertiary/aromatic N) is 1. The van der Waals surface area contributed by atoms with Crippen LogP contribution in [-0.4, -0.2) is 49.5 Å². The molecule has 1 aromatic carbocycles. The predicted molar refractivity (Wildman–Crippen MR) is 91.5 cm³/mol. The molecule has 0 N–H and O–H groups in total. The van der Waals surface area contributed by atoms with Gasteiger partial charge < -0.3 is 19.1 Å². The highest BCUT2D eigenvalue weighted by Crippen LogP contribution is 2.29. The maximum atomic E-state index is 12.6. The monoisotopic (exact) mass is 373 g/mol. The minimum absolute atomic E-state index is 0.0345. The van der Waals surface area contributed by atoms with Crippen LogP contribution < -0.4 is 4.74 Å². The van der Waals surface area contributed by atoms with Gasteiger partial charge in [-0.3, -0.25) is 4.79 Å². The van der Waals surface area contributed by atoms with Crippen LogP contribution in [0.4, 0.5) is 0 Å².